The van der Waals surface area contributed by atoms with Crippen LogP contribution in [0.25, 0.3) is 4.98 Å². The third-order valence-electron chi connectivity index (χ3n) is 3.28. The minimum absolute atomic E-state index is 0.0364. The van der Waals surface area contributed by atoms with Gasteiger partial charge in [-0.3, -0.25) is 4.79 Å². The second kappa shape index (κ2) is 11.9. The number of thioether (sulfide) groups is 1. The summed E-state index contributed by atoms with van der Waals surface area (Å²) in [6, 6.07) is 14.5. The third-order valence-corrected chi connectivity index (χ3v) is 4.18. The van der Waals surface area contributed by atoms with Gasteiger partial charge in [-0.25, -0.2) is 0 Å². The number of rotatable bonds is 7. The number of diazo groups is 1. The average Bonchev–Trinajstić information content (AvgIpc) is 2.65. The Morgan fingerprint density at radius 2 is 1.72 bits per heavy atom. The highest BCUT2D eigenvalue weighted by Gasteiger charge is 2.20. The Kier molecular flexibility index (Phi) is 9.96. The van der Waals surface area contributed by atoms with Crippen molar-refractivity contribution in [1.82, 2.24) is 0 Å². The molecule has 2 rings (SSSR count). The number of carbonyl (C=O) groups excluding carboxylic acids is 1. The number of ether oxygens (including phenoxy) is 1. The van der Waals surface area contributed by atoms with E-state index < -0.39 is 7.25 Å². The summed E-state index contributed by atoms with van der Waals surface area (Å²) >= 11 is 1.23. The van der Waals surface area contributed by atoms with Crippen molar-refractivity contribution in [3.05, 3.63) is 76.8 Å². The molecular weight excluding hydrogens is 407 g/mol. The van der Waals surface area contributed by atoms with E-state index in [0.29, 0.717) is 35.8 Å². The molecule has 10 heteroatoms. The zero-order chi connectivity index (χ0) is 21.9. The molecule has 2 aromatic carbocycles. The normalized spacial score (nSPS) is 10.3. The van der Waals surface area contributed by atoms with E-state index in [-0.39, 0.29) is 5.12 Å². The predicted molar refractivity (Wildman–Crippen MR) is 109 cm³/mol. The SMILES string of the molecule is C=C(C)COc1ccccc1C(=O)SCCc1ccccc1[N+]#N.F[B-](F)(F)F. The summed E-state index contributed by atoms with van der Waals surface area (Å²) in [5.41, 5.74) is 2.90. The van der Waals surface area contributed by atoms with E-state index in [9.17, 15) is 22.1 Å². The maximum Gasteiger partial charge on any atom is 0.673 e. The van der Waals surface area contributed by atoms with Crippen LogP contribution in [0.15, 0.2) is 60.7 Å². The van der Waals surface area contributed by atoms with Crippen molar-refractivity contribution in [2.24, 2.45) is 0 Å². The molecule has 0 N–H and O–H groups in total. The number of para-hydroxylation sites is 1. The van der Waals surface area contributed by atoms with Gasteiger partial charge in [-0.2, -0.15) is 0 Å². The molecule has 0 saturated carbocycles. The summed E-state index contributed by atoms with van der Waals surface area (Å²) < 4.78 is 44.6. The minimum Gasteiger partial charge on any atom is -0.488 e. The largest absolute Gasteiger partial charge is 0.673 e. The topological polar surface area (TPSA) is 54.5 Å². The Balaban J connectivity index is 0.000000749. The predicted octanol–water partition coefficient (Wildman–Crippen LogP) is 6.54. The maximum atomic E-state index is 12.4. The lowest BCUT2D eigenvalue weighted by Crippen LogP contribution is -2.04. The fourth-order valence-corrected chi connectivity index (χ4v) is 2.94. The number of hydrogen-bond acceptors (Lipinski definition) is 4. The molecule has 0 aliphatic carbocycles. The number of nitrogens with zero attached hydrogens (tertiary/aromatic N) is 2. The number of carbonyl (C=O) groups is 1. The van der Waals surface area contributed by atoms with E-state index in [0.717, 1.165) is 11.1 Å². The van der Waals surface area contributed by atoms with E-state index >= 15 is 0 Å². The summed E-state index contributed by atoms with van der Waals surface area (Å²) in [7, 11) is -6.00. The van der Waals surface area contributed by atoms with Crippen molar-refractivity contribution in [3.8, 4) is 5.75 Å². The van der Waals surface area contributed by atoms with Gasteiger partial charge in [-0.15, -0.1) is 0 Å². The van der Waals surface area contributed by atoms with Crippen LogP contribution in [0.3, 0.4) is 0 Å². The zero-order valence-electron chi connectivity index (χ0n) is 15.7. The Bertz CT molecular complexity index is 879. The van der Waals surface area contributed by atoms with Crippen molar-refractivity contribution >= 4 is 29.8 Å². The van der Waals surface area contributed by atoms with Crippen LogP contribution in [0.1, 0.15) is 22.8 Å². The monoisotopic (exact) mass is 426 g/mol. The van der Waals surface area contributed by atoms with Crippen LogP contribution in [-0.4, -0.2) is 24.7 Å². The second-order valence-corrected chi connectivity index (χ2v) is 6.92. The first kappa shape index (κ1) is 24.2. The molecule has 0 aromatic heterocycles. The first-order valence-electron chi connectivity index (χ1n) is 8.45. The number of halogens is 4. The van der Waals surface area contributed by atoms with Gasteiger partial charge in [0.2, 0.25) is 10.5 Å². The van der Waals surface area contributed by atoms with Gasteiger partial charge in [0.05, 0.1) is 5.56 Å². The molecule has 0 radical (unpaired) electrons. The molecule has 0 saturated heterocycles. The van der Waals surface area contributed by atoms with Crippen LogP contribution in [0.5, 0.6) is 5.75 Å². The first-order valence-corrected chi connectivity index (χ1v) is 9.44. The minimum atomic E-state index is -6.00. The van der Waals surface area contributed by atoms with Crippen LogP contribution < -0.4 is 4.74 Å². The van der Waals surface area contributed by atoms with Crippen LogP contribution in [0.2, 0.25) is 0 Å². The summed E-state index contributed by atoms with van der Waals surface area (Å²) in [4.78, 5) is 15.7. The van der Waals surface area contributed by atoms with Crippen molar-refractivity contribution in [1.29, 1.82) is 5.39 Å². The van der Waals surface area contributed by atoms with Crippen LogP contribution in [-0.2, 0) is 6.42 Å². The Labute approximate surface area is 170 Å². The standard InChI is InChI=1S/C19H19N2O2S.BF4/c1-14(2)13-23-18-10-6-4-8-16(18)19(22)24-12-11-15-7-3-5-9-17(15)21-20;2-1(3,4)5/h3-10H,1,11-13H2,2H3;/q+1;-1. The van der Waals surface area contributed by atoms with Gasteiger partial charge in [0.25, 0.3) is 0 Å². The molecule has 0 fully saturated rings. The molecule has 0 spiro atoms. The molecule has 0 atom stereocenters. The lowest BCUT2D eigenvalue weighted by atomic mass is 10.1. The van der Waals surface area contributed by atoms with E-state index in [2.05, 4.69) is 11.6 Å². The molecule has 2 aromatic rings. The van der Waals surface area contributed by atoms with Crippen LogP contribution in [0.4, 0.5) is 23.0 Å². The molecule has 0 aliphatic rings. The van der Waals surface area contributed by atoms with Crippen molar-refractivity contribution in [3.63, 3.8) is 0 Å². The van der Waals surface area contributed by atoms with E-state index in [1.54, 1.807) is 18.2 Å². The second-order valence-electron chi connectivity index (χ2n) is 5.85. The molecule has 0 amide bonds. The van der Waals surface area contributed by atoms with Crippen molar-refractivity contribution in [2.75, 3.05) is 12.4 Å². The van der Waals surface area contributed by atoms with Gasteiger partial charge in [-0.1, -0.05) is 48.7 Å². The van der Waals surface area contributed by atoms with Gasteiger partial charge < -0.3 is 22.0 Å². The van der Waals surface area contributed by atoms with Crippen LogP contribution >= 0.6 is 11.8 Å². The number of benzene rings is 2. The molecule has 0 unspecified atom stereocenters. The lowest BCUT2D eigenvalue weighted by Gasteiger charge is -2.10. The zero-order valence-corrected chi connectivity index (χ0v) is 16.5. The van der Waals surface area contributed by atoms with Gasteiger partial charge in [0, 0.05) is 17.4 Å². The highest BCUT2D eigenvalue weighted by atomic mass is 32.2. The van der Waals surface area contributed by atoms with Gasteiger partial charge in [0.15, 0.2) is 4.98 Å². The Morgan fingerprint density at radius 1 is 1.14 bits per heavy atom. The molecule has 4 nitrogen and oxygen atoms in total. The Hall–Kier alpha value is -2.80. The smallest absolute Gasteiger partial charge is 0.488 e. The quantitative estimate of drug-likeness (QED) is 0.218. The first-order chi connectivity index (χ1) is 13.6. The fraction of sp³-hybridized carbons (Fsp3) is 0.211. The van der Waals surface area contributed by atoms with E-state index in [1.807, 2.05) is 37.3 Å². The summed E-state index contributed by atoms with van der Waals surface area (Å²) in [5.74, 6) is 1.17. The average molecular weight is 426 g/mol. The number of hydrogen-bond donors (Lipinski definition) is 0. The Morgan fingerprint density at radius 3 is 2.34 bits per heavy atom. The highest BCUT2D eigenvalue weighted by molar-refractivity contribution is 8.14. The summed E-state index contributed by atoms with van der Waals surface area (Å²) in [6.07, 6.45) is 0.644. The fourth-order valence-electron chi connectivity index (χ4n) is 2.11. The van der Waals surface area contributed by atoms with Gasteiger partial charge in [0.1, 0.15) is 12.4 Å². The van der Waals surface area contributed by atoms with Crippen LogP contribution in [0, 0.1) is 5.39 Å². The molecule has 0 aliphatic heterocycles. The van der Waals surface area contributed by atoms with Crippen molar-refractivity contribution < 1.29 is 26.8 Å². The summed E-state index contributed by atoms with van der Waals surface area (Å²) in [6.45, 7) is 6.07. The maximum absolute atomic E-state index is 12.4. The summed E-state index contributed by atoms with van der Waals surface area (Å²) in [5, 5.41) is 8.94. The van der Waals surface area contributed by atoms with Crippen molar-refractivity contribution in [2.45, 2.75) is 13.3 Å². The lowest BCUT2D eigenvalue weighted by molar-refractivity contribution is 0.108. The molecule has 0 heterocycles. The molecule has 0 bridgehead atoms. The van der Waals surface area contributed by atoms with Gasteiger partial charge in [-0.05, 0) is 31.1 Å². The highest BCUT2D eigenvalue weighted by Crippen LogP contribution is 2.25. The number of aryl methyl sites for hydroxylation is 1. The third kappa shape index (κ3) is 10.4. The molecule has 29 heavy (non-hydrogen) atoms. The molecule has 154 valence electrons. The van der Waals surface area contributed by atoms with Gasteiger partial charge >= 0.3 is 12.9 Å². The molecular formula is C19H19BF4N2O2S. The van der Waals surface area contributed by atoms with E-state index in [4.69, 9.17) is 10.1 Å². The van der Waals surface area contributed by atoms with E-state index in [1.165, 1.54) is 11.8 Å².